The summed E-state index contributed by atoms with van der Waals surface area (Å²) in [7, 11) is 0. The Bertz CT molecular complexity index is 1310. The molecule has 198 valence electrons. The van der Waals surface area contributed by atoms with E-state index in [1.807, 2.05) is 51.1 Å². The average molecular weight is 515 g/mol. The smallest absolute Gasteiger partial charge is 0.410 e. The van der Waals surface area contributed by atoms with E-state index in [0.29, 0.717) is 49.1 Å². The number of ether oxygens (including phenoxy) is 3. The summed E-state index contributed by atoms with van der Waals surface area (Å²) < 4.78 is 16.9. The summed E-state index contributed by atoms with van der Waals surface area (Å²) in [5.41, 5.74) is 1.15. The zero-order valence-corrected chi connectivity index (χ0v) is 22.2. The maximum absolute atomic E-state index is 12.4. The normalized spacial score (nSPS) is 14.1. The van der Waals surface area contributed by atoms with Gasteiger partial charge in [0.25, 0.3) is 0 Å². The number of rotatable bonds is 7. The van der Waals surface area contributed by atoms with Gasteiger partial charge in [-0.15, -0.1) is 0 Å². The molecule has 1 aliphatic heterocycles. The van der Waals surface area contributed by atoms with E-state index in [0.717, 1.165) is 29.2 Å². The van der Waals surface area contributed by atoms with Crippen molar-refractivity contribution in [2.45, 2.75) is 52.1 Å². The first kappa shape index (κ1) is 27.0. The number of nitriles is 1. The Kier molecular flexibility index (Phi) is 8.52. The third-order valence-corrected chi connectivity index (χ3v) is 6.46. The third kappa shape index (κ3) is 7.72. The molecule has 7 nitrogen and oxygen atoms in total. The number of amides is 1. The van der Waals surface area contributed by atoms with Crippen LogP contribution in [0.4, 0.5) is 4.79 Å². The fourth-order valence-electron chi connectivity index (χ4n) is 4.38. The molecule has 0 atom stereocenters. The Balaban J connectivity index is 1.19. The van der Waals surface area contributed by atoms with E-state index >= 15 is 0 Å². The molecule has 0 saturated carbocycles. The number of carbonyl (C=O) groups excluding carboxylic acids is 2. The first-order valence-electron chi connectivity index (χ1n) is 13.0. The summed E-state index contributed by atoms with van der Waals surface area (Å²) in [6.07, 6.45) is 2.29. The number of nitrogens with zero attached hydrogens (tertiary/aromatic N) is 2. The minimum absolute atomic E-state index is 0.254. The van der Waals surface area contributed by atoms with Gasteiger partial charge in [0.2, 0.25) is 0 Å². The van der Waals surface area contributed by atoms with Crippen molar-refractivity contribution in [2.24, 2.45) is 5.92 Å². The molecule has 0 aromatic heterocycles. The van der Waals surface area contributed by atoms with Crippen molar-refractivity contribution in [3.63, 3.8) is 0 Å². The summed E-state index contributed by atoms with van der Waals surface area (Å²) in [5.74, 6) is 1.26. The van der Waals surface area contributed by atoms with Crippen LogP contribution in [0.5, 0.6) is 11.5 Å². The van der Waals surface area contributed by atoms with Crippen LogP contribution in [0.3, 0.4) is 0 Å². The van der Waals surface area contributed by atoms with Crippen molar-refractivity contribution in [1.29, 1.82) is 5.26 Å². The van der Waals surface area contributed by atoms with E-state index in [1.54, 1.807) is 35.2 Å². The second kappa shape index (κ2) is 12.0. The van der Waals surface area contributed by atoms with Crippen LogP contribution < -0.4 is 9.47 Å². The zero-order chi connectivity index (χ0) is 27.1. The Labute approximate surface area is 223 Å². The van der Waals surface area contributed by atoms with Gasteiger partial charge in [-0.25, -0.2) is 4.79 Å². The van der Waals surface area contributed by atoms with Gasteiger partial charge in [0.05, 0.1) is 18.2 Å². The minimum atomic E-state index is -0.487. The summed E-state index contributed by atoms with van der Waals surface area (Å²) in [6.45, 7) is 7.52. The van der Waals surface area contributed by atoms with Gasteiger partial charge >= 0.3 is 12.1 Å². The van der Waals surface area contributed by atoms with Gasteiger partial charge in [-0.2, -0.15) is 5.26 Å². The largest absolute Gasteiger partial charge is 0.493 e. The van der Waals surface area contributed by atoms with Gasteiger partial charge in [0.1, 0.15) is 17.1 Å². The van der Waals surface area contributed by atoms with E-state index in [2.05, 4.69) is 6.07 Å². The molecule has 0 radical (unpaired) electrons. The lowest BCUT2D eigenvalue weighted by Gasteiger charge is -2.33. The number of esters is 1. The molecule has 0 aliphatic carbocycles. The molecule has 0 spiro atoms. The van der Waals surface area contributed by atoms with Crippen LogP contribution in [-0.2, 0) is 16.0 Å². The number of fused-ring (bicyclic) bond motifs is 1. The Morgan fingerprint density at radius 3 is 2.32 bits per heavy atom. The Morgan fingerprint density at radius 2 is 1.63 bits per heavy atom. The number of hydrogen-bond donors (Lipinski definition) is 0. The molecule has 1 fully saturated rings. The molecule has 1 heterocycles. The molecule has 0 bridgehead atoms. The van der Waals surface area contributed by atoms with Gasteiger partial charge in [0.15, 0.2) is 0 Å². The SMILES string of the molecule is CC(C)(C)OC(=O)N1CCC(COc2ccc(OC(=O)CCc3ccc4ccc(C#N)cc4c3)cc2)CC1. The molecule has 38 heavy (non-hydrogen) atoms. The molecule has 3 aromatic carbocycles. The standard InChI is InChI=1S/C31H34N2O5/c1-31(2,3)38-30(35)33-16-14-23(15-17-33)21-36-27-9-11-28(12-10-27)37-29(34)13-6-22-4-7-25-8-5-24(20-32)19-26(25)18-22/h4-5,7-12,18-19,23H,6,13-17,21H2,1-3H3. The molecule has 1 amide bonds. The van der Waals surface area contributed by atoms with Crippen LogP contribution in [0.25, 0.3) is 10.8 Å². The second-order valence-electron chi connectivity index (χ2n) is 10.7. The van der Waals surface area contributed by atoms with Crippen LogP contribution >= 0.6 is 0 Å². The first-order valence-corrected chi connectivity index (χ1v) is 13.0. The monoisotopic (exact) mass is 514 g/mol. The second-order valence-corrected chi connectivity index (χ2v) is 10.7. The number of likely N-dealkylation sites (tertiary alicyclic amines) is 1. The van der Waals surface area contributed by atoms with Crippen molar-refractivity contribution in [1.82, 2.24) is 4.90 Å². The third-order valence-electron chi connectivity index (χ3n) is 6.46. The maximum atomic E-state index is 12.4. The highest BCUT2D eigenvalue weighted by atomic mass is 16.6. The number of hydrogen-bond acceptors (Lipinski definition) is 6. The van der Waals surface area contributed by atoms with Crippen molar-refractivity contribution in [2.75, 3.05) is 19.7 Å². The fourth-order valence-corrected chi connectivity index (χ4v) is 4.38. The minimum Gasteiger partial charge on any atom is -0.493 e. The van der Waals surface area contributed by atoms with Crippen molar-refractivity contribution >= 4 is 22.8 Å². The average Bonchev–Trinajstić information content (AvgIpc) is 2.90. The lowest BCUT2D eigenvalue weighted by Crippen LogP contribution is -2.42. The maximum Gasteiger partial charge on any atom is 0.410 e. The Morgan fingerprint density at radius 1 is 0.947 bits per heavy atom. The van der Waals surface area contributed by atoms with Crippen LogP contribution in [0.2, 0.25) is 0 Å². The van der Waals surface area contributed by atoms with Gasteiger partial charge < -0.3 is 19.1 Å². The van der Waals surface area contributed by atoms with Crippen LogP contribution in [0, 0.1) is 17.2 Å². The highest BCUT2D eigenvalue weighted by Crippen LogP contribution is 2.24. The zero-order valence-electron chi connectivity index (χ0n) is 22.2. The summed E-state index contributed by atoms with van der Waals surface area (Å²) in [4.78, 5) is 26.4. The highest BCUT2D eigenvalue weighted by Gasteiger charge is 2.27. The van der Waals surface area contributed by atoms with Gasteiger partial charge in [-0.1, -0.05) is 24.3 Å². The molecule has 0 N–H and O–H groups in total. The lowest BCUT2D eigenvalue weighted by atomic mass is 9.98. The van der Waals surface area contributed by atoms with E-state index < -0.39 is 5.60 Å². The number of piperidine rings is 1. The van der Waals surface area contributed by atoms with Crippen molar-refractivity contribution in [3.05, 3.63) is 71.8 Å². The summed E-state index contributed by atoms with van der Waals surface area (Å²) in [6, 6.07) is 20.8. The topological polar surface area (TPSA) is 88.9 Å². The van der Waals surface area contributed by atoms with E-state index in [1.165, 1.54) is 0 Å². The van der Waals surface area contributed by atoms with Crippen LogP contribution in [-0.4, -0.2) is 42.3 Å². The van der Waals surface area contributed by atoms with Gasteiger partial charge in [-0.05, 0) is 98.7 Å². The number of benzene rings is 3. The molecular formula is C31H34N2O5. The fraction of sp³-hybridized carbons (Fsp3) is 0.387. The highest BCUT2D eigenvalue weighted by molar-refractivity contribution is 5.84. The predicted octanol–water partition coefficient (Wildman–Crippen LogP) is 6.28. The molecule has 4 rings (SSSR count). The molecule has 7 heteroatoms. The lowest BCUT2D eigenvalue weighted by molar-refractivity contribution is -0.134. The first-order chi connectivity index (χ1) is 18.2. The molecule has 1 aliphatic rings. The number of aryl methyl sites for hydroxylation is 1. The number of carbonyl (C=O) groups is 2. The Hall–Kier alpha value is -4.05. The van der Waals surface area contributed by atoms with E-state index in [-0.39, 0.29) is 18.5 Å². The molecule has 3 aromatic rings. The van der Waals surface area contributed by atoms with Crippen LogP contribution in [0.1, 0.15) is 51.2 Å². The molecule has 1 saturated heterocycles. The van der Waals surface area contributed by atoms with Gasteiger partial charge in [-0.3, -0.25) is 4.79 Å². The van der Waals surface area contributed by atoms with E-state index in [4.69, 9.17) is 19.5 Å². The van der Waals surface area contributed by atoms with Gasteiger partial charge in [0, 0.05) is 19.5 Å². The quantitative estimate of drug-likeness (QED) is 0.272. The van der Waals surface area contributed by atoms with Crippen LogP contribution in [0.15, 0.2) is 60.7 Å². The summed E-state index contributed by atoms with van der Waals surface area (Å²) >= 11 is 0. The summed E-state index contributed by atoms with van der Waals surface area (Å²) in [5, 5.41) is 11.2. The molecule has 0 unspecified atom stereocenters. The molecular weight excluding hydrogens is 480 g/mol. The van der Waals surface area contributed by atoms with Crippen molar-refractivity contribution in [3.8, 4) is 17.6 Å². The van der Waals surface area contributed by atoms with E-state index in [9.17, 15) is 9.59 Å². The van der Waals surface area contributed by atoms with Crippen molar-refractivity contribution < 1.29 is 23.8 Å². The predicted molar refractivity (Wildman–Crippen MR) is 145 cm³/mol.